The first-order valence-corrected chi connectivity index (χ1v) is 23.9. The minimum absolute atomic E-state index is 0.0463. The zero-order valence-corrected chi connectivity index (χ0v) is 42.0. The van der Waals surface area contributed by atoms with E-state index in [-0.39, 0.29) is 23.0 Å². The van der Waals surface area contributed by atoms with Gasteiger partial charge in [-0.15, -0.1) is 23.5 Å². The molecule has 2 bridgehead atoms. The molecule has 0 atom stereocenters. The highest BCUT2D eigenvalue weighted by molar-refractivity contribution is 8.03. The molecule has 0 radical (unpaired) electrons. The highest BCUT2D eigenvalue weighted by Gasteiger charge is 2.28. The molecule has 2 aliphatic heterocycles. The molecule has 12 heteroatoms. The number of thioether (sulfide) groups is 2. The number of carbonyl (C=O) groups is 2. The Morgan fingerprint density at radius 2 is 0.700 bits per heavy atom. The summed E-state index contributed by atoms with van der Waals surface area (Å²) in [4.78, 5) is 43.4. The average Bonchev–Trinajstić information content (AvgIpc) is 3.08. The van der Waals surface area contributed by atoms with Crippen LogP contribution in [0, 0.1) is 0 Å². The van der Waals surface area contributed by atoms with Gasteiger partial charge in [0.15, 0.2) is 0 Å². The SMILES string of the molecule is CN1CCN(C(=O)OC(C)(C)C)CCN(C)Cc2cc(C(C)(C)C)cc3c2SCCSc2c(cc(C(C)(C)C)cc2CN(C)CCN(C(=O)OC(C)(C)C)CCN(C)C3)C1. The fraction of sp³-hybridized carbons (Fsp3) is 0.708. The largest absolute Gasteiger partial charge is 0.444 e. The Hall–Kier alpha value is -2.48. The van der Waals surface area contributed by atoms with Gasteiger partial charge < -0.3 is 38.9 Å². The van der Waals surface area contributed by atoms with Gasteiger partial charge in [-0.05, 0) is 114 Å². The van der Waals surface area contributed by atoms with Crippen LogP contribution in [0.2, 0.25) is 0 Å². The molecule has 2 aromatic carbocycles. The van der Waals surface area contributed by atoms with Crippen LogP contribution in [0.15, 0.2) is 34.1 Å². The maximum absolute atomic E-state index is 13.7. The van der Waals surface area contributed by atoms with Crippen molar-refractivity contribution >= 4 is 35.7 Å². The van der Waals surface area contributed by atoms with Gasteiger partial charge in [0.1, 0.15) is 11.2 Å². The van der Waals surface area contributed by atoms with Crippen LogP contribution in [-0.2, 0) is 46.5 Å². The van der Waals surface area contributed by atoms with Crippen molar-refractivity contribution in [1.29, 1.82) is 0 Å². The molecular weight excluding hydrogens is 789 g/mol. The van der Waals surface area contributed by atoms with Crippen molar-refractivity contribution in [2.45, 2.75) is 141 Å². The number of likely N-dealkylation sites (N-methyl/N-ethyl adjacent to an activating group) is 4. The second-order valence-corrected chi connectivity index (χ2v) is 23.5. The van der Waals surface area contributed by atoms with Crippen molar-refractivity contribution in [1.82, 2.24) is 29.4 Å². The standard InChI is InChI=1S/C48H80N6O4S2/c1-45(2,3)39-27-35-31-49(13)17-21-53(43(55)57-47(7,8)9)23-19-51(15)33-37-29-40(46(4,5)6)30-38-34-52(16)20-24-54(44(56)58-48(10,11)12)22-18-50(14)32-36(28-39)41(35)59-25-26-60-42(37)38/h27-30H,17-26,31-34H2,1-16H3. The van der Waals surface area contributed by atoms with Gasteiger partial charge in [0.05, 0.1) is 0 Å². The van der Waals surface area contributed by atoms with E-state index in [0.717, 1.165) is 37.7 Å². The molecule has 0 saturated carbocycles. The summed E-state index contributed by atoms with van der Waals surface area (Å²) in [6.45, 7) is 33.6. The van der Waals surface area contributed by atoms with Crippen LogP contribution in [0.4, 0.5) is 9.59 Å². The lowest BCUT2D eigenvalue weighted by Gasteiger charge is -2.32. The lowest BCUT2D eigenvalue weighted by molar-refractivity contribution is 0.0211. The normalized spacial score (nSPS) is 19.1. The van der Waals surface area contributed by atoms with Crippen LogP contribution in [0.25, 0.3) is 0 Å². The van der Waals surface area contributed by atoms with Gasteiger partial charge in [-0.25, -0.2) is 9.59 Å². The van der Waals surface area contributed by atoms with E-state index in [1.165, 1.54) is 43.2 Å². The van der Waals surface area contributed by atoms with Crippen LogP contribution in [0.3, 0.4) is 0 Å². The molecule has 338 valence electrons. The number of amides is 2. The summed E-state index contributed by atoms with van der Waals surface area (Å²) in [5, 5.41) is 0. The Balaban J connectivity index is 1.91. The summed E-state index contributed by atoms with van der Waals surface area (Å²) in [7, 11) is 8.68. The number of hydrogen-bond acceptors (Lipinski definition) is 10. The van der Waals surface area contributed by atoms with E-state index in [1.54, 1.807) is 0 Å². The number of fused-ring (bicyclic) bond motifs is 3. The van der Waals surface area contributed by atoms with Crippen molar-refractivity contribution in [2.75, 3.05) is 92.1 Å². The molecule has 0 N–H and O–H groups in total. The first-order chi connectivity index (χ1) is 27.7. The zero-order valence-electron chi connectivity index (χ0n) is 40.3. The van der Waals surface area contributed by atoms with Gasteiger partial charge in [0, 0.05) is 99.8 Å². The second kappa shape index (κ2) is 20.8. The zero-order chi connectivity index (χ0) is 44.8. The minimum atomic E-state index is -0.580. The summed E-state index contributed by atoms with van der Waals surface area (Å²) in [5.41, 5.74) is 6.66. The number of rotatable bonds is 0. The quantitative estimate of drug-likeness (QED) is 0.256. The predicted octanol–water partition coefficient (Wildman–Crippen LogP) is 9.39. The molecule has 0 spiro atoms. The fourth-order valence-electron chi connectivity index (χ4n) is 7.39. The van der Waals surface area contributed by atoms with Gasteiger partial charge in [-0.2, -0.15) is 0 Å². The monoisotopic (exact) mass is 869 g/mol. The summed E-state index contributed by atoms with van der Waals surface area (Å²) in [5.74, 6) is 1.94. The third-order valence-corrected chi connectivity index (χ3v) is 13.6. The van der Waals surface area contributed by atoms with Gasteiger partial charge in [-0.1, -0.05) is 65.8 Å². The van der Waals surface area contributed by atoms with E-state index < -0.39 is 11.2 Å². The predicted molar refractivity (Wildman–Crippen MR) is 253 cm³/mol. The van der Waals surface area contributed by atoms with Crippen LogP contribution in [0.5, 0.6) is 0 Å². The van der Waals surface area contributed by atoms with Gasteiger partial charge in [0.25, 0.3) is 0 Å². The third kappa shape index (κ3) is 15.7. The van der Waals surface area contributed by atoms with E-state index >= 15 is 0 Å². The van der Waals surface area contributed by atoms with Crippen LogP contribution < -0.4 is 0 Å². The Morgan fingerprint density at radius 1 is 0.450 bits per heavy atom. The van der Waals surface area contributed by atoms with Crippen molar-refractivity contribution in [2.24, 2.45) is 0 Å². The molecular formula is C48H80N6O4S2. The van der Waals surface area contributed by atoms with E-state index in [4.69, 9.17) is 9.47 Å². The molecule has 2 aliphatic rings. The summed E-state index contributed by atoms with van der Waals surface area (Å²) in [6.07, 6.45) is -0.525. The highest BCUT2D eigenvalue weighted by Crippen LogP contribution is 2.38. The first-order valence-electron chi connectivity index (χ1n) is 22.0. The molecule has 60 heavy (non-hydrogen) atoms. The van der Waals surface area contributed by atoms with Gasteiger partial charge in [-0.3, -0.25) is 0 Å². The number of carbonyl (C=O) groups excluding carboxylic acids is 2. The number of benzene rings is 2. The maximum Gasteiger partial charge on any atom is 0.410 e. The molecule has 2 heterocycles. The van der Waals surface area contributed by atoms with E-state index in [0.29, 0.717) is 52.4 Å². The third-order valence-electron chi connectivity index (χ3n) is 10.9. The number of ether oxygens (including phenoxy) is 2. The first kappa shape index (κ1) is 50.2. The molecule has 0 aliphatic carbocycles. The Bertz CT molecular complexity index is 1560. The summed E-state index contributed by atoms with van der Waals surface area (Å²) < 4.78 is 12.0. The van der Waals surface area contributed by atoms with Gasteiger partial charge in [0.2, 0.25) is 0 Å². The Morgan fingerprint density at radius 3 is 0.917 bits per heavy atom. The van der Waals surface area contributed by atoms with E-state index in [9.17, 15) is 9.59 Å². The Labute approximate surface area is 373 Å². The fourth-order valence-corrected chi connectivity index (χ4v) is 9.70. The van der Waals surface area contributed by atoms with E-state index in [2.05, 4.69) is 114 Å². The molecule has 0 fully saturated rings. The molecule has 0 unspecified atom stereocenters. The van der Waals surface area contributed by atoms with Crippen molar-refractivity contribution < 1.29 is 19.1 Å². The number of nitrogens with zero attached hydrogens (tertiary/aromatic N) is 6. The summed E-state index contributed by atoms with van der Waals surface area (Å²) >= 11 is 3.95. The van der Waals surface area contributed by atoms with Crippen LogP contribution >= 0.6 is 23.5 Å². The van der Waals surface area contributed by atoms with Crippen LogP contribution in [0.1, 0.15) is 116 Å². The second-order valence-electron chi connectivity index (χ2n) is 21.3. The van der Waals surface area contributed by atoms with Crippen molar-refractivity contribution in [3.05, 3.63) is 57.6 Å². The highest BCUT2D eigenvalue weighted by atomic mass is 32.2. The Kier molecular flexibility index (Phi) is 17.4. The van der Waals surface area contributed by atoms with Gasteiger partial charge >= 0.3 is 12.2 Å². The molecule has 2 aromatic rings. The number of hydrogen-bond donors (Lipinski definition) is 0. The lowest BCUT2D eigenvalue weighted by Crippen LogP contribution is -2.44. The molecule has 2 amide bonds. The lowest BCUT2D eigenvalue weighted by atomic mass is 9.85. The minimum Gasteiger partial charge on any atom is -0.444 e. The smallest absolute Gasteiger partial charge is 0.410 e. The summed E-state index contributed by atoms with van der Waals surface area (Å²) in [6, 6.07) is 9.70. The molecule has 4 rings (SSSR count). The molecule has 0 aromatic heterocycles. The van der Waals surface area contributed by atoms with Crippen LogP contribution in [-0.4, -0.2) is 145 Å². The topological polar surface area (TPSA) is 72.0 Å². The molecule has 10 nitrogen and oxygen atoms in total. The van der Waals surface area contributed by atoms with Crippen molar-refractivity contribution in [3.8, 4) is 0 Å². The average molecular weight is 869 g/mol. The molecule has 0 saturated heterocycles. The van der Waals surface area contributed by atoms with E-state index in [1.807, 2.05) is 74.9 Å². The maximum atomic E-state index is 13.7. The van der Waals surface area contributed by atoms with Crippen molar-refractivity contribution in [3.63, 3.8) is 0 Å².